The Labute approximate surface area is 176 Å². The number of thiophene rings is 1. The van der Waals surface area contributed by atoms with Gasteiger partial charge in [0.1, 0.15) is 10.6 Å². The fourth-order valence-electron chi connectivity index (χ4n) is 3.49. The minimum atomic E-state index is -0.203. The van der Waals surface area contributed by atoms with Gasteiger partial charge in [-0.25, -0.2) is 4.98 Å². The predicted octanol–water partition coefficient (Wildman–Crippen LogP) is 3.96. The molecule has 1 amide bonds. The fraction of sp³-hybridized carbons (Fsp3) is 0.286. The van der Waals surface area contributed by atoms with Crippen LogP contribution >= 0.6 is 23.1 Å². The zero-order valence-electron chi connectivity index (χ0n) is 15.8. The minimum Gasteiger partial charge on any atom is -0.508 e. The quantitative estimate of drug-likeness (QED) is 0.269. The summed E-state index contributed by atoms with van der Waals surface area (Å²) in [6, 6.07) is 6.29. The fourth-order valence-corrected chi connectivity index (χ4v) is 5.60. The molecule has 1 aliphatic carbocycles. The Morgan fingerprint density at radius 1 is 1.31 bits per heavy atom. The molecule has 0 bridgehead atoms. The summed E-state index contributed by atoms with van der Waals surface area (Å²) >= 11 is 2.85. The first-order valence-electron chi connectivity index (χ1n) is 9.44. The van der Waals surface area contributed by atoms with Gasteiger partial charge in [0, 0.05) is 17.1 Å². The van der Waals surface area contributed by atoms with Gasteiger partial charge in [-0.3, -0.25) is 14.2 Å². The molecule has 2 heterocycles. The van der Waals surface area contributed by atoms with Gasteiger partial charge in [-0.15, -0.1) is 17.9 Å². The van der Waals surface area contributed by atoms with Gasteiger partial charge >= 0.3 is 0 Å². The maximum atomic E-state index is 13.2. The van der Waals surface area contributed by atoms with Crippen LogP contribution < -0.4 is 10.9 Å². The molecule has 150 valence electrons. The van der Waals surface area contributed by atoms with Crippen LogP contribution in [0.25, 0.3) is 10.2 Å². The number of carbonyl (C=O) groups is 1. The number of anilines is 1. The van der Waals surface area contributed by atoms with Crippen molar-refractivity contribution in [1.82, 2.24) is 9.55 Å². The van der Waals surface area contributed by atoms with Crippen LogP contribution in [0.5, 0.6) is 5.75 Å². The molecule has 0 atom stereocenters. The molecule has 0 radical (unpaired) electrons. The van der Waals surface area contributed by atoms with E-state index in [1.165, 1.54) is 28.8 Å². The topological polar surface area (TPSA) is 84.2 Å². The molecule has 2 aromatic heterocycles. The van der Waals surface area contributed by atoms with E-state index in [0.717, 1.165) is 41.5 Å². The van der Waals surface area contributed by atoms with Gasteiger partial charge in [-0.05, 0) is 55.5 Å². The highest BCUT2D eigenvalue weighted by atomic mass is 32.2. The number of rotatable bonds is 6. The number of thioether (sulfide) groups is 1. The first kappa shape index (κ1) is 19.7. The summed E-state index contributed by atoms with van der Waals surface area (Å²) < 4.78 is 1.61. The van der Waals surface area contributed by atoms with E-state index >= 15 is 0 Å². The molecular weight excluding hydrogens is 406 g/mol. The van der Waals surface area contributed by atoms with E-state index in [1.807, 2.05) is 0 Å². The Morgan fingerprint density at radius 2 is 2.07 bits per heavy atom. The number of hydrogen-bond donors (Lipinski definition) is 2. The molecule has 2 N–H and O–H groups in total. The van der Waals surface area contributed by atoms with Gasteiger partial charge < -0.3 is 10.4 Å². The average molecular weight is 428 g/mol. The highest BCUT2D eigenvalue weighted by molar-refractivity contribution is 7.99. The number of phenols is 1. The van der Waals surface area contributed by atoms with Crippen LogP contribution in [0.15, 0.2) is 46.9 Å². The first-order chi connectivity index (χ1) is 14.1. The van der Waals surface area contributed by atoms with Crippen molar-refractivity contribution in [1.29, 1.82) is 0 Å². The number of fused-ring (bicyclic) bond motifs is 3. The predicted molar refractivity (Wildman–Crippen MR) is 118 cm³/mol. The summed E-state index contributed by atoms with van der Waals surface area (Å²) in [5, 5.41) is 13.4. The minimum absolute atomic E-state index is 0.0456. The largest absolute Gasteiger partial charge is 0.508 e. The lowest BCUT2D eigenvalue weighted by Crippen LogP contribution is -2.24. The monoisotopic (exact) mass is 427 g/mol. The molecule has 3 aromatic rings. The Kier molecular flexibility index (Phi) is 5.73. The second-order valence-electron chi connectivity index (χ2n) is 6.87. The number of aromatic nitrogens is 2. The van der Waals surface area contributed by atoms with Crippen molar-refractivity contribution in [2.75, 3.05) is 11.1 Å². The van der Waals surface area contributed by atoms with E-state index in [4.69, 9.17) is 4.98 Å². The third-order valence-electron chi connectivity index (χ3n) is 4.83. The molecular formula is C21H21N3O3S2. The number of nitrogens with zero attached hydrogens (tertiary/aromatic N) is 2. The second-order valence-corrected chi connectivity index (χ2v) is 8.90. The van der Waals surface area contributed by atoms with Crippen molar-refractivity contribution in [2.24, 2.45) is 0 Å². The van der Waals surface area contributed by atoms with E-state index in [2.05, 4.69) is 11.9 Å². The molecule has 0 unspecified atom stereocenters. The molecule has 1 aliphatic rings. The summed E-state index contributed by atoms with van der Waals surface area (Å²) in [6.45, 7) is 4.11. The third-order valence-corrected chi connectivity index (χ3v) is 7.00. The van der Waals surface area contributed by atoms with Crippen LogP contribution in [0.3, 0.4) is 0 Å². The van der Waals surface area contributed by atoms with Crippen molar-refractivity contribution in [3.63, 3.8) is 0 Å². The number of benzene rings is 1. The summed E-state index contributed by atoms with van der Waals surface area (Å²) in [5.41, 5.74) is 1.72. The number of aromatic hydroxyl groups is 1. The lowest BCUT2D eigenvalue weighted by Gasteiger charge is -2.12. The van der Waals surface area contributed by atoms with Crippen LogP contribution in [-0.2, 0) is 24.2 Å². The standard InChI is InChI=1S/C21H21N3O3S2/c1-2-11-24-20(27)18-15-5-3-4-6-16(15)29-19(18)23-21(24)28-12-17(26)22-13-7-9-14(25)10-8-13/h2,7-10,25H,1,3-6,11-12H2,(H,22,26). The van der Waals surface area contributed by atoms with Crippen LogP contribution in [0.1, 0.15) is 23.3 Å². The smallest absolute Gasteiger partial charge is 0.263 e. The lowest BCUT2D eigenvalue weighted by atomic mass is 9.97. The summed E-state index contributed by atoms with van der Waals surface area (Å²) in [4.78, 5) is 32.3. The lowest BCUT2D eigenvalue weighted by molar-refractivity contribution is -0.113. The number of hydrogen-bond acceptors (Lipinski definition) is 6. The number of phenolic OH excluding ortho intramolecular Hbond substituents is 1. The third kappa shape index (κ3) is 4.09. The van der Waals surface area contributed by atoms with Crippen LogP contribution in [0, 0.1) is 0 Å². The average Bonchev–Trinajstić information content (AvgIpc) is 3.09. The summed E-state index contributed by atoms with van der Waals surface area (Å²) in [7, 11) is 0. The van der Waals surface area contributed by atoms with E-state index in [0.29, 0.717) is 17.4 Å². The van der Waals surface area contributed by atoms with Crippen molar-refractivity contribution < 1.29 is 9.90 Å². The molecule has 0 fully saturated rings. The highest BCUT2D eigenvalue weighted by Crippen LogP contribution is 2.34. The zero-order chi connectivity index (χ0) is 20.4. The number of nitrogens with one attached hydrogen (secondary N) is 1. The molecule has 8 heteroatoms. The number of amides is 1. The Balaban J connectivity index is 1.59. The van der Waals surface area contributed by atoms with Crippen LogP contribution in [0.4, 0.5) is 5.69 Å². The number of allylic oxidation sites excluding steroid dienone is 1. The molecule has 4 rings (SSSR count). The maximum Gasteiger partial charge on any atom is 0.263 e. The maximum absolute atomic E-state index is 13.2. The molecule has 0 spiro atoms. The Hall–Kier alpha value is -2.58. The van der Waals surface area contributed by atoms with E-state index in [9.17, 15) is 14.7 Å². The number of aryl methyl sites for hydroxylation is 2. The molecule has 0 saturated carbocycles. The van der Waals surface area contributed by atoms with Gasteiger partial charge in [0.25, 0.3) is 5.56 Å². The van der Waals surface area contributed by atoms with Gasteiger partial charge in [0.2, 0.25) is 5.91 Å². The SMILES string of the molecule is C=CCn1c(SCC(=O)Nc2ccc(O)cc2)nc2sc3c(c2c1=O)CCCC3. The molecule has 0 saturated heterocycles. The molecule has 29 heavy (non-hydrogen) atoms. The van der Waals surface area contributed by atoms with E-state index in [1.54, 1.807) is 34.1 Å². The van der Waals surface area contributed by atoms with Gasteiger partial charge in [-0.2, -0.15) is 0 Å². The van der Waals surface area contributed by atoms with E-state index in [-0.39, 0.29) is 23.0 Å². The first-order valence-corrected chi connectivity index (χ1v) is 11.2. The zero-order valence-corrected chi connectivity index (χ0v) is 17.4. The molecule has 1 aromatic carbocycles. The number of carbonyl (C=O) groups excluding carboxylic acids is 1. The van der Waals surface area contributed by atoms with Crippen LogP contribution in [0.2, 0.25) is 0 Å². The van der Waals surface area contributed by atoms with Crippen LogP contribution in [-0.4, -0.2) is 26.3 Å². The van der Waals surface area contributed by atoms with Crippen molar-refractivity contribution >= 4 is 44.9 Å². The molecule has 6 nitrogen and oxygen atoms in total. The second kappa shape index (κ2) is 8.42. The normalized spacial score (nSPS) is 13.2. The summed E-state index contributed by atoms with van der Waals surface area (Å²) in [5.74, 6) is 0.0637. The highest BCUT2D eigenvalue weighted by Gasteiger charge is 2.22. The van der Waals surface area contributed by atoms with Gasteiger partial charge in [0.15, 0.2) is 5.16 Å². The van der Waals surface area contributed by atoms with Gasteiger partial charge in [0.05, 0.1) is 11.1 Å². The van der Waals surface area contributed by atoms with Crippen molar-refractivity contribution in [3.8, 4) is 5.75 Å². The van der Waals surface area contributed by atoms with Crippen molar-refractivity contribution in [2.45, 2.75) is 37.4 Å². The van der Waals surface area contributed by atoms with E-state index < -0.39 is 0 Å². The van der Waals surface area contributed by atoms with Gasteiger partial charge in [-0.1, -0.05) is 17.8 Å². The Bertz CT molecular complexity index is 1130. The summed E-state index contributed by atoms with van der Waals surface area (Å²) in [6.07, 6.45) is 5.87. The Morgan fingerprint density at radius 3 is 2.83 bits per heavy atom. The molecule has 0 aliphatic heterocycles. The van der Waals surface area contributed by atoms with Crippen molar-refractivity contribution in [3.05, 3.63) is 57.7 Å².